The van der Waals surface area contributed by atoms with E-state index in [1.807, 2.05) is 29.2 Å². The number of aromatic nitrogens is 1. The van der Waals surface area contributed by atoms with Crippen LogP contribution in [0.25, 0.3) is 11.3 Å². The van der Waals surface area contributed by atoms with Crippen LogP contribution < -0.4 is 0 Å². The van der Waals surface area contributed by atoms with E-state index >= 15 is 0 Å². The zero-order valence-corrected chi connectivity index (χ0v) is 15.6. The summed E-state index contributed by atoms with van der Waals surface area (Å²) in [4.78, 5) is 21.4. The SMILES string of the molecule is O=C(CCc1ncc(-c2ccccc2Cl)o1)N1CCC(N2CCCC2)C1. The highest BCUT2D eigenvalue weighted by molar-refractivity contribution is 6.33. The van der Waals surface area contributed by atoms with E-state index in [0.717, 1.165) is 25.1 Å². The van der Waals surface area contributed by atoms with Gasteiger partial charge in [-0.15, -0.1) is 0 Å². The first-order chi connectivity index (χ1) is 12.7. The molecule has 6 heteroatoms. The summed E-state index contributed by atoms with van der Waals surface area (Å²) in [6, 6.07) is 8.08. The zero-order chi connectivity index (χ0) is 17.9. The Bertz CT molecular complexity index is 770. The number of halogens is 1. The van der Waals surface area contributed by atoms with Gasteiger partial charge in [-0.3, -0.25) is 9.69 Å². The summed E-state index contributed by atoms with van der Waals surface area (Å²) >= 11 is 6.20. The number of hydrogen-bond donors (Lipinski definition) is 0. The third-order valence-corrected chi connectivity index (χ3v) is 5.75. The molecule has 0 bridgehead atoms. The minimum Gasteiger partial charge on any atom is -0.441 e. The second-order valence-electron chi connectivity index (χ2n) is 7.12. The average Bonchev–Trinajstić information content (AvgIpc) is 3.40. The van der Waals surface area contributed by atoms with Gasteiger partial charge < -0.3 is 9.32 Å². The second kappa shape index (κ2) is 7.80. The fourth-order valence-electron chi connectivity index (χ4n) is 3.96. The zero-order valence-electron chi connectivity index (χ0n) is 14.9. The van der Waals surface area contributed by atoms with Crippen LogP contribution in [0.15, 0.2) is 34.9 Å². The molecule has 3 heterocycles. The average molecular weight is 374 g/mol. The van der Waals surface area contributed by atoms with Crippen molar-refractivity contribution in [2.75, 3.05) is 26.2 Å². The number of aryl methyl sites for hydroxylation is 1. The van der Waals surface area contributed by atoms with Crippen LogP contribution in [0, 0.1) is 0 Å². The van der Waals surface area contributed by atoms with E-state index in [9.17, 15) is 4.79 Å². The van der Waals surface area contributed by atoms with E-state index in [1.54, 1.807) is 6.20 Å². The second-order valence-corrected chi connectivity index (χ2v) is 7.53. The Hall–Kier alpha value is -1.85. The summed E-state index contributed by atoms with van der Waals surface area (Å²) in [5, 5.41) is 0.635. The third-order valence-electron chi connectivity index (χ3n) is 5.42. The van der Waals surface area contributed by atoms with Gasteiger partial charge in [-0.05, 0) is 44.5 Å². The van der Waals surface area contributed by atoms with Gasteiger partial charge in [0.25, 0.3) is 0 Å². The molecule has 2 aromatic rings. The molecular weight excluding hydrogens is 350 g/mol. The molecular formula is C20H24ClN3O2. The number of hydrogen-bond acceptors (Lipinski definition) is 4. The lowest BCUT2D eigenvalue weighted by molar-refractivity contribution is -0.130. The molecule has 0 saturated carbocycles. The molecule has 1 unspecified atom stereocenters. The molecule has 2 saturated heterocycles. The van der Waals surface area contributed by atoms with Gasteiger partial charge in [-0.1, -0.05) is 23.7 Å². The molecule has 1 aromatic heterocycles. The molecule has 0 radical (unpaired) electrons. The molecule has 2 aliphatic rings. The van der Waals surface area contributed by atoms with Crippen LogP contribution in [-0.2, 0) is 11.2 Å². The fourth-order valence-corrected chi connectivity index (χ4v) is 4.19. The van der Waals surface area contributed by atoms with Gasteiger partial charge in [0.1, 0.15) is 0 Å². The number of likely N-dealkylation sites (tertiary alicyclic amines) is 2. The molecule has 138 valence electrons. The van der Waals surface area contributed by atoms with Crippen molar-refractivity contribution in [1.29, 1.82) is 0 Å². The van der Waals surface area contributed by atoms with Gasteiger partial charge in [0, 0.05) is 37.5 Å². The first kappa shape index (κ1) is 17.6. The quantitative estimate of drug-likeness (QED) is 0.803. The van der Waals surface area contributed by atoms with E-state index in [4.69, 9.17) is 16.0 Å². The third kappa shape index (κ3) is 3.79. The lowest BCUT2D eigenvalue weighted by Gasteiger charge is -2.23. The van der Waals surface area contributed by atoms with Crippen molar-refractivity contribution in [2.45, 2.75) is 38.1 Å². The van der Waals surface area contributed by atoms with Gasteiger partial charge in [0.05, 0.1) is 11.2 Å². The molecule has 4 rings (SSSR count). The Morgan fingerprint density at radius 3 is 2.85 bits per heavy atom. The number of carbonyl (C=O) groups excluding carboxylic acids is 1. The first-order valence-corrected chi connectivity index (χ1v) is 9.80. The number of benzene rings is 1. The minimum absolute atomic E-state index is 0.198. The van der Waals surface area contributed by atoms with Gasteiger partial charge in [-0.2, -0.15) is 0 Å². The van der Waals surface area contributed by atoms with Crippen molar-refractivity contribution in [3.63, 3.8) is 0 Å². The standard InChI is InChI=1S/C20H24ClN3O2/c21-17-6-2-1-5-16(17)18-13-22-19(26-18)7-8-20(25)24-12-9-15(14-24)23-10-3-4-11-23/h1-2,5-6,13,15H,3-4,7-12,14H2. The lowest BCUT2D eigenvalue weighted by Crippen LogP contribution is -2.37. The van der Waals surface area contributed by atoms with Gasteiger partial charge in [0.15, 0.2) is 11.7 Å². The van der Waals surface area contributed by atoms with Crippen molar-refractivity contribution < 1.29 is 9.21 Å². The molecule has 0 N–H and O–H groups in total. The smallest absolute Gasteiger partial charge is 0.223 e. The number of amides is 1. The van der Waals surface area contributed by atoms with Crippen molar-refractivity contribution in [3.05, 3.63) is 41.4 Å². The Kier molecular flexibility index (Phi) is 5.27. The van der Waals surface area contributed by atoms with E-state index < -0.39 is 0 Å². The van der Waals surface area contributed by atoms with Crippen LogP contribution >= 0.6 is 11.6 Å². The molecule has 1 aromatic carbocycles. The summed E-state index contributed by atoms with van der Waals surface area (Å²) in [6.07, 6.45) is 6.33. The molecule has 1 amide bonds. The fraction of sp³-hybridized carbons (Fsp3) is 0.500. The maximum Gasteiger partial charge on any atom is 0.223 e. The Balaban J connectivity index is 1.30. The Labute approximate surface area is 158 Å². The Morgan fingerprint density at radius 1 is 1.23 bits per heavy atom. The molecule has 5 nitrogen and oxygen atoms in total. The van der Waals surface area contributed by atoms with Crippen LogP contribution in [0.5, 0.6) is 0 Å². The predicted molar refractivity (Wildman–Crippen MR) is 101 cm³/mol. The number of carbonyl (C=O) groups is 1. The monoisotopic (exact) mass is 373 g/mol. The lowest BCUT2D eigenvalue weighted by atomic mass is 10.2. The molecule has 2 aliphatic heterocycles. The molecule has 0 spiro atoms. The van der Waals surface area contributed by atoms with E-state index in [1.165, 1.54) is 25.9 Å². The highest BCUT2D eigenvalue weighted by Gasteiger charge is 2.31. The summed E-state index contributed by atoms with van der Waals surface area (Å²) in [5.41, 5.74) is 0.826. The summed E-state index contributed by atoms with van der Waals surface area (Å²) < 4.78 is 5.79. The topological polar surface area (TPSA) is 49.6 Å². The number of nitrogens with zero attached hydrogens (tertiary/aromatic N) is 3. The van der Waals surface area contributed by atoms with Gasteiger partial charge in [-0.25, -0.2) is 4.98 Å². The van der Waals surface area contributed by atoms with E-state index in [2.05, 4.69) is 9.88 Å². The highest BCUT2D eigenvalue weighted by atomic mass is 35.5. The number of rotatable bonds is 5. The predicted octanol–water partition coefficient (Wildman–Crippen LogP) is 3.62. The van der Waals surface area contributed by atoms with Crippen LogP contribution in [-0.4, -0.2) is 52.9 Å². The largest absolute Gasteiger partial charge is 0.441 e. The van der Waals surface area contributed by atoms with Crippen molar-refractivity contribution in [3.8, 4) is 11.3 Å². The molecule has 26 heavy (non-hydrogen) atoms. The summed E-state index contributed by atoms with van der Waals surface area (Å²) in [6.45, 7) is 4.12. The van der Waals surface area contributed by atoms with Gasteiger partial charge in [0.2, 0.25) is 5.91 Å². The summed E-state index contributed by atoms with van der Waals surface area (Å²) in [5.74, 6) is 1.43. The van der Waals surface area contributed by atoms with E-state index in [0.29, 0.717) is 35.6 Å². The molecule has 0 aliphatic carbocycles. The summed E-state index contributed by atoms with van der Waals surface area (Å²) in [7, 11) is 0. The Morgan fingerprint density at radius 2 is 2.04 bits per heavy atom. The van der Waals surface area contributed by atoms with Crippen LogP contribution in [0.4, 0.5) is 0 Å². The maximum atomic E-state index is 12.5. The highest BCUT2D eigenvalue weighted by Crippen LogP contribution is 2.28. The van der Waals surface area contributed by atoms with Crippen LogP contribution in [0.2, 0.25) is 5.02 Å². The molecule has 2 fully saturated rings. The van der Waals surface area contributed by atoms with Crippen LogP contribution in [0.3, 0.4) is 0 Å². The van der Waals surface area contributed by atoms with Crippen LogP contribution in [0.1, 0.15) is 31.6 Å². The van der Waals surface area contributed by atoms with Gasteiger partial charge >= 0.3 is 0 Å². The minimum atomic E-state index is 0.198. The maximum absolute atomic E-state index is 12.5. The van der Waals surface area contributed by atoms with E-state index in [-0.39, 0.29) is 5.91 Å². The van der Waals surface area contributed by atoms with Crippen molar-refractivity contribution in [2.24, 2.45) is 0 Å². The van der Waals surface area contributed by atoms with Crippen molar-refractivity contribution in [1.82, 2.24) is 14.8 Å². The normalized spacial score (nSPS) is 20.8. The molecule has 1 atom stereocenters. The first-order valence-electron chi connectivity index (χ1n) is 9.42. The van der Waals surface area contributed by atoms with Crippen molar-refractivity contribution >= 4 is 17.5 Å². The number of oxazole rings is 1.